The number of amides is 1. The van der Waals surface area contributed by atoms with Crippen LogP contribution in [0.25, 0.3) is 0 Å². The second-order valence-electron chi connectivity index (χ2n) is 9.74. The maximum atomic E-state index is 14.4. The molecule has 40 heavy (non-hydrogen) atoms. The minimum atomic E-state index is -5.41. The molecule has 2 aliphatic rings. The van der Waals surface area contributed by atoms with Gasteiger partial charge in [0.1, 0.15) is 11.2 Å². The zero-order valence-corrected chi connectivity index (χ0v) is 20.0. The predicted octanol–water partition coefficient (Wildman–Crippen LogP) is 6.87. The number of carbonyl (C=O) groups is 1. The molecule has 1 aliphatic heterocycles. The van der Waals surface area contributed by atoms with Gasteiger partial charge in [-0.25, -0.2) is 4.98 Å². The van der Waals surface area contributed by atoms with Crippen molar-refractivity contribution in [2.75, 3.05) is 18.0 Å². The molecule has 4 rings (SSSR count). The lowest BCUT2D eigenvalue weighted by Gasteiger charge is -2.33. The number of rotatable bonds is 5. The molecule has 1 unspecified atom stereocenters. The largest absolute Gasteiger partial charge is 0.416 e. The van der Waals surface area contributed by atoms with Crippen LogP contribution in [0.15, 0.2) is 30.5 Å². The van der Waals surface area contributed by atoms with E-state index in [0.717, 1.165) is 4.90 Å². The Morgan fingerprint density at radius 3 is 1.93 bits per heavy atom. The van der Waals surface area contributed by atoms with Crippen molar-refractivity contribution < 1.29 is 57.5 Å². The van der Waals surface area contributed by atoms with Gasteiger partial charge in [0.05, 0.1) is 16.7 Å². The lowest BCUT2D eigenvalue weighted by atomic mass is 9.77. The van der Waals surface area contributed by atoms with Crippen LogP contribution in [-0.4, -0.2) is 30.2 Å². The van der Waals surface area contributed by atoms with Gasteiger partial charge in [0.2, 0.25) is 5.91 Å². The Bertz CT molecular complexity index is 1250. The predicted molar refractivity (Wildman–Crippen MR) is 115 cm³/mol. The van der Waals surface area contributed by atoms with E-state index in [-0.39, 0.29) is 24.1 Å². The summed E-state index contributed by atoms with van der Waals surface area (Å²) in [6.45, 7) is -2.51. The molecule has 220 valence electrons. The Hall–Kier alpha value is -3.20. The lowest BCUT2D eigenvalue weighted by molar-refractivity contribution is -0.185. The standard InChI is InChI=1S/C24H19F12N3O/c25-21(26,27)15-5-14(6-16(7-15)22(28,29)30)20(24(34,35)36)3-4-39(11-20)18-8-17(23(31,32)33)13(9-37-18)10-38-19(40)12-1-2-12/h5-9,12H,1-4,10-11H2,(H,38,40). The molecule has 1 amide bonds. The van der Waals surface area contributed by atoms with E-state index in [2.05, 4.69) is 10.3 Å². The molecule has 1 aromatic carbocycles. The van der Waals surface area contributed by atoms with E-state index in [0.29, 0.717) is 25.1 Å². The zero-order chi connectivity index (χ0) is 29.9. The van der Waals surface area contributed by atoms with E-state index < -0.39 is 95.7 Å². The number of hydrogen-bond donors (Lipinski definition) is 1. The molecule has 1 saturated carbocycles. The maximum Gasteiger partial charge on any atom is 0.416 e. The highest BCUT2D eigenvalue weighted by atomic mass is 19.4. The van der Waals surface area contributed by atoms with Gasteiger partial charge >= 0.3 is 24.7 Å². The highest BCUT2D eigenvalue weighted by Crippen LogP contribution is 2.51. The van der Waals surface area contributed by atoms with Crippen LogP contribution >= 0.6 is 0 Å². The average molecular weight is 593 g/mol. The number of hydrogen-bond acceptors (Lipinski definition) is 3. The fraction of sp³-hybridized carbons (Fsp3) is 0.500. The minimum absolute atomic E-state index is 0.0214. The number of carbonyl (C=O) groups excluding carboxylic acids is 1. The molecule has 1 N–H and O–H groups in total. The molecule has 0 spiro atoms. The van der Waals surface area contributed by atoms with Gasteiger partial charge in [0, 0.05) is 37.3 Å². The summed E-state index contributed by atoms with van der Waals surface area (Å²) in [5, 5.41) is 2.33. The Balaban J connectivity index is 1.72. The van der Waals surface area contributed by atoms with E-state index in [9.17, 15) is 57.5 Å². The summed E-state index contributed by atoms with van der Waals surface area (Å²) in [6, 6.07) is 0.0927. The third-order valence-electron chi connectivity index (χ3n) is 6.95. The minimum Gasteiger partial charge on any atom is -0.355 e. The van der Waals surface area contributed by atoms with Gasteiger partial charge in [0.25, 0.3) is 0 Å². The summed E-state index contributed by atoms with van der Waals surface area (Å²) < 4.78 is 165. The third kappa shape index (κ3) is 5.94. The molecule has 16 heteroatoms. The Kier molecular flexibility index (Phi) is 7.23. The van der Waals surface area contributed by atoms with Crippen LogP contribution in [0, 0.1) is 5.92 Å². The molecule has 1 saturated heterocycles. The topological polar surface area (TPSA) is 45.2 Å². The van der Waals surface area contributed by atoms with Gasteiger partial charge in [-0.3, -0.25) is 4.79 Å². The molecule has 0 radical (unpaired) electrons. The van der Waals surface area contributed by atoms with E-state index >= 15 is 0 Å². The molecule has 1 aliphatic carbocycles. The molecular weight excluding hydrogens is 574 g/mol. The second kappa shape index (κ2) is 9.72. The summed E-state index contributed by atoms with van der Waals surface area (Å²) in [5.74, 6) is -1.39. The number of nitrogens with one attached hydrogen (secondary N) is 1. The van der Waals surface area contributed by atoms with Crippen LogP contribution < -0.4 is 10.2 Å². The van der Waals surface area contributed by atoms with Gasteiger partial charge in [0.15, 0.2) is 0 Å². The van der Waals surface area contributed by atoms with Gasteiger partial charge in [-0.2, -0.15) is 52.7 Å². The average Bonchev–Trinajstić information content (AvgIpc) is 3.57. The number of pyridine rings is 1. The molecular formula is C24H19F12N3O. The molecule has 2 fully saturated rings. The summed E-state index contributed by atoms with van der Waals surface area (Å²) in [6.07, 6.45) is -20.4. The molecule has 0 bridgehead atoms. The maximum absolute atomic E-state index is 14.4. The first-order chi connectivity index (χ1) is 18.2. The molecule has 4 nitrogen and oxygen atoms in total. The van der Waals surface area contributed by atoms with Crippen molar-refractivity contribution >= 4 is 11.7 Å². The number of benzene rings is 1. The van der Waals surface area contributed by atoms with E-state index in [4.69, 9.17) is 0 Å². The van der Waals surface area contributed by atoms with E-state index in [1.807, 2.05) is 0 Å². The van der Waals surface area contributed by atoms with Crippen molar-refractivity contribution in [2.45, 2.75) is 55.9 Å². The van der Waals surface area contributed by atoms with Crippen molar-refractivity contribution in [2.24, 2.45) is 5.92 Å². The van der Waals surface area contributed by atoms with Crippen LogP contribution in [0.1, 0.15) is 47.1 Å². The monoisotopic (exact) mass is 593 g/mol. The number of nitrogens with zero attached hydrogens (tertiary/aromatic N) is 2. The van der Waals surface area contributed by atoms with Crippen molar-refractivity contribution in [3.8, 4) is 0 Å². The van der Waals surface area contributed by atoms with Crippen molar-refractivity contribution in [3.63, 3.8) is 0 Å². The van der Waals surface area contributed by atoms with Gasteiger partial charge < -0.3 is 10.2 Å². The van der Waals surface area contributed by atoms with Gasteiger partial charge in [-0.1, -0.05) is 0 Å². The van der Waals surface area contributed by atoms with Crippen LogP contribution in [-0.2, 0) is 35.3 Å². The lowest BCUT2D eigenvalue weighted by Crippen LogP contribution is -2.45. The summed E-state index contributed by atoms with van der Waals surface area (Å²) in [7, 11) is 0. The normalized spacial score (nSPS) is 20.6. The van der Waals surface area contributed by atoms with E-state index in [1.165, 1.54) is 0 Å². The number of alkyl halides is 12. The zero-order valence-electron chi connectivity index (χ0n) is 20.0. The van der Waals surface area contributed by atoms with Gasteiger partial charge in [-0.15, -0.1) is 0 Å². The summed E-state index contributed by atoms with van der Waals surface area (Å²) in [5.41, 5.74) is -10.3. The van der Waals surface area contributed by atoms with E-state index in [1.54, 1.807) is 0 Å². The second-order valence-corrected chi connectivity index (χ2v) is 9.74. The van der Waals surface area contributed by atoms with Crippen molar-refractivity contribution in [3.05, 3.63) is 58.3 Å². The molecule has 1 aromatic heterocycles. The fourth-order valence-corrected chi connectivity index (χ4v) is 4.59. The number of anilines is 1. The summed E-state index contributed by atoms with van der Waals surface area (Å²) >= 11 is 0. The third-order valence-corrected chi connectivity index (χ3v) is 6.95. The van der Waals surface area contributed by atoms with Crippen LogP contribution in [0.3, 0.4) is 0 Å². The number of halogens is 12. The highest BCUT2D eigenvalue weighted by Gasteiger charge is 2.60. The van der Waals surface area contributed by atoms with Crippen LogP contribution in [0.5, 0.6) is 0 Å². The first-order valence-corrected chi connectivity index (χ1v) is 11.7. The Morgan fingerprint density at radius 1 is 0.875 bits per heavy atom. The Labute approximate surface area is 218 Å². The molecule has 2 heterocycles. The number of aromatic nitrogens is 1. The van der Waals surface area contributed by atoms with Crippen LogP contribution in [0.2, 0.25) is 0 Å². The summed E-state index contributed by atoms with van der Waals surface area (Å²) in [4.78, 5) is 16.3. The highest BCUT2D eigenvalue weighted by molar-refractivity contribution is 5.80. The quantitative estimate of drug-likeness (QED) is 0.385. The first kappa shape index (κ1) is 29.8. The SMILES string of the molecule is O=C(NCc1cnc(N2CCC(c3cc(C(F)(F)F)cc(C(F)(F)F)c3)(C(F)(F)F)C2)cc1C(F)(F)F)C1CC1. The fourth-order valence-electron chi connectivity index (χ4n) is 4.59. The molecule has 1 atom stereocenters. The Morgan fingerprint density at radius 2 is 1.45 bits per heavy atom. The van der Waals surface area contributed by atoms with Gasteiger partial charge in [-0.05, 0) is 49.1 Å². The smallest absolute Gasteiger partial charge is 0.355 e. The van der Waals surface area contributed by atoms with Crippen LogP contribution in [0.4, 0.5) is 58.5 Å². The van der Waals surface area contributed by atoms with Crippen molar-refractivity contribution in [1.82, 2.24) is 10.3 Å². The first-order valence-electron chi connectivity index (χ1n) is 11.7. The molecule has 2 aromatic rings. The van der Waals surface area contributed by atoms with Crippen molar-refractivity contribution in [1.29, 1.82) is 0 Å².